The number of hydrogen-bond acceptors (Lipinski definition) is 4. The molecule has 0 spiro atoms. The summed E-state index contributed by atoms with van der Waals surface area (Å²) in [6, 6.07) is 6.91. The van der Waals surface area contributed by atoms with Crippen molar-refractivity contribution in [2.45, 2.75) is 19.5 Å². The van der Waals surface area contributed by atoms with Gasteiger partial charge in [0.15, 0.2) is 5.76 Å². The van der Waals surface area contributed by atoms with Gasteiger partial charge in [-0.1, -0.05) is 0 Å². The molecule has 1 unspecified atom stereocenters. The van der Waals surface area contributed by atoms with Crippen LogP contribution in [0, 0.1) is 5.82 Å². The summed E-state index contributed by atoms with van der Waals surface area (Å²) >= 11 is 0. The van der Waals surface area contributed by atoms with Crippen LogP contribution in [0.3, 0.4) is 0 Å². The van der Waals surface area contributed by atoms with Gasteiger partial charge in [-0.2, -0.15) is 0 Å². The lowest BCUT2D eigenvalue weighted by atomic mass is 10.1. The lowest BCUT2D eigenvalue weighted by Crippen LogP contribution is -2.26. The summed E-state index contributed by atoms with van der Waals surface area (Å²) in [5.74, 6) is 0.406. The molecular weight excluding hydrogens is 275 g/mol. The molecule has 1 heterocycles. The van der Waals surface area contributed by atoms with Gasteiger partial charge >= 0.3 is 0 Å². The fraction of sp³-hybridized carbons (Fsp3) is 0.267. The van der Waals surface area contributed by atoms with Gasteiger partial charge in [0.1, 0.15) is 17.3 Å². The van der Waals surface area contributed by atoms with Gasteiger partial charge in [-0.25, -0.2) is 4.39 Å². The number of hydrogen-bond donors (Lipinski definition) is 2. The van der Waals surface area contributed by atoms with Gasteiger partial charge < -0.3 is 20.2 Å². The molecule has 0 aliphatic rings. The number of nitrogens with one attached hydrogen (secondary N) is 1. The van der Waals surface area contributed by atoms with E-state index in [1.165, 1.54) is 25.3 Å². The Morgan fingerprint density at radius 1 is 1.43 bits per heavy atom. The van der Waals surface area contributed by atoms with E-state index in [9.17, 15) is 9.18 Å². The molecule has 1 atom stereocenters. The number of furan rings is 1. The fourth-order valence-corrected chi connectivity index (χ4v) is 2.00. The lowest BCUT2D eigenvalue weighted by Gasteiger charge is -2.16. The van der Waals surface area contributed by atoms with E-state index in [1.54, 1.807) is 19.1 Å². The van der Waals surface area contributed by atoms with Gasteiger partial charge in [0, 0.05) is 5.56 Å². The molecule has 0 bridgehead atoms. The number of methoxy groups -OCH3 is 1. The summed E-state index contributed by atoms with van der Waals surface area (Å²) in [6.45, 7) is 1.96. The topological polar surface area (TPSA) is 77.5 Å². The van der Waals surface area contributed by atoms with E-state index >= 15 is 0 Å². The monoisotopic (exact) mass is 292 g/mol. The zero-order chi connectivity index (χ0) is 15.4. The number of benzene rings is 1. The van der Waals surface area contributed by atoms with Gasteiger partial charge in [-0.15, -0.1) is 0 Å². The van der Waals surface area contributed by atoms with Gasteiger partial charge in [0.05, 0.1) is 19.7 Å². The summed E-state index contributed by atoms with van der Waals surface area (Å²) in [4.78, 5) is 12.1. The van der Waals surface area contributed by atoms with E-state index in [1.807, 2.05) is 0 Å². The third kappa shape index (κ3) is 3.41. The number of ether oxygens (including phenoxy) is 1. The molecule has 6 heteroatoms. The van der Waals surface area contributed by atoms with Crippen molar-refractivity contribution < 1.29 is 18.3 Å². The van der Waals surface area contributed by atoms with E-state index in [-0.39, 0.29) is 12.3 Å². The summed E-state index contributed by atoms with van der Waals surface area (Å²) in [7, 11) is 1.49. The van der Waals surface area contributed by atoms with Gasteiger partial charge in [-0.05, 0) is 37.3 Å². The Balaban J connectivity index is 2.15. The normalized spacial score (nSPS) is 12.0. The maximum absolute atomic E-state index is 13.4. The highest BCUT2D eigenvalue weighted by atomic mass is 19.1. The van der Waals surface area contributed by atoms with Crippen LogP contribution >= 0.6 is 0 Å². The molecule has 1 aromatic carbocycles. The minimum Gasteiger partial charge on any atom is -0.496 e. The molecule has 2 aromatic rings. The van der Waals surface area contributed by atoms with Gasteiger partial charge in [-0.3, -0.25) is 4.79 Å². The molecule has 1 aromatic heterocycles. The van der Waals surface area contributed by atoms with Crippen molar-refractivity contribution in [3.8, 4) is 5.75 Å². The average molecular weight is 292 g/mol. The van der Waals surface area contributed by atoms with E-state index in [0.29, 0.717) is 17.1 Å². The predicted octanol–water partition coefficient (Wildman–Crippen LogP) is 2.38. The third-order valence-corrected chi connectivity index (χ3v) is 3.09. The number of nitrogens with two attached hydrogens (primary N) is 1. The summed E-state index contributed by atoms with van der Waals surface area (Å²) in [5, 5.41) is 2.73. The van der Waals surface area contributed by atoms with E-state index in [4.69, 9.17) is 14.9 Å². The van der Waals surface area contributed by atoms with Crippen molar-refractivity contribution >= 4 is 5.91 Å². The van der Waals surface area contributed by atoms with Crippen LogP contribution in [0.2, 0.25) is 0 Å². The van der Waals surface area contributed by atoms with E-state index < -0.39 is 17.8 Å². The zero-order valence-corrected chi connectivity index (χ0v) is 11.9. The first-order chi connectivity index (χ1) is 10.0. The van der Waals surface area contributed by atoms with Crippen molar-refractivity contribution in [1.82, 2.24) is 5.32 Å². The summed E-state index contributed by atoms with van der Waals surface area (Å²) in [5.41, 5.74) is 5.98. The number of halogens is 1. The number of carbonyl (C=O) groups is 1. The van der Waals surface area contributed by atoms with E-state index in [2.05, 4.69) is 5.32 Å². The Morgan fingerprint density at radius 3 is 2.81 bits per heavy atom. The molecular formula is C15H17FN2O3. The third-order valence-electron chi connectivity index (χ3n) is 3.09. The second-order valence-corrected chi connectivity index (χ2v) is 4.55. The fourth-order valence-electron chi connectivity index (χ4n) is 2.00. The first kappa shape index (κ1) is 15.1. The molecule has 0 radical (unpaired) electrons. The van der Waals surface area contributed by atoms with Crippen molar-refractivity contribution in [2.75, 3.05) is 7.11 Å². The highest BCUT2D eigenvalue weighted by molar-refractivity contribution is 5.91. The Bertz CT molecular complexity index is 640. The molecule has 0 saturated heterocycles. The molecule has 2 rings (SSSR count). The Hall–Kier alpha value is -2.34. The van der Waals surface area contributed by atoms with Crippen LogP contribution in [0.5, 0.6) is 5.75 Å². The van der Waals surface area contributed by atoms with Crippen molar-refractivity contribution in [2.24, 2.45) is 5.73 Å². The minimum absolute atomic E-state index is 0.165. The van der Waals surface area contributed by atoms with Crippen molar-refractivity contribution in [3.05, 3.63) is 53.2 Å². The van der Waals surface area contributed by atoms with Crippen LogP contribution in [-0.4, -0.2) is 13.0 Å². The lowest BCUT2D eigenvalue weighted by molar-refractivity contribution is 0.0909. The van der Waals surface area contributed by atoms with Crippen LogP contribution < -0.4 is 15.8 Å². The Kier molecular flexibility index (Phi) is 4.59. The standard InChI is InChI=1S/C15H17FN2O3/c1-9(12-7-10(16)3-5-13(12)20-2)18-15(19)14-6-4-11(8-17)21-14/h3-7,9H,8,17H2,1-2H3,(H,18,19). The number of carbonyl (C=O) groups excluding carboxylic acids is 1. The molecule has 0 aliphatic carbocycles. The van der Waals surface area contributed by atoms with Crippen LogP contribution in [0.4, 0.5) is 4.39 Å². The van der Waals surface area contributed by atoms with Crippen LogP contribution in [0.1, 0.15) is 34.8 Å². The van der Waals surface area contributed by atoms with Crippen molar-refractivity contribution in [1.29, 1.82) is 0 Å². The first-order valence-corrected chi connectivity index (χ1v) is 6.48. The predicted molar refractivity (Wildman–Crippen MR) is 75.4 cm³/mol. The first-order valence-electron chi connectivity index (χ1n) is 6.48. The smallest absolute Gasteiger partial charge is 0.287 e. The largest absolute Gasteiger partial charge is 0.496 e. The molecule has 112 valence electrons. The second-order valence-electron chi connectivity index (χ2n) is 4.55. The van der Waals surface area contributed by atoms with Crippen LogP contribution in [-0.2, 0) is 6.54 Å². The molecule has 5 nitrogen and oxygen atoms in total. The van der Waals surface area contributed by atoms with Crippen molar-refractivity contribution in [3.63, 3.8) is 0 Å². The second kappa shape index (κ2) is 6.41. The molecule has 0 aliphatic heterocycles. The SMILES string of the molecule is COc1ccc(F)cc1C(C)NC(=O)c1ccc(CN)o1. The quantitative estimate of drug-likeness (QED) is 0.887. The minimum atomic E-state index is -0.436. The summed E-state index contributed by atoms with van der Waals surface area (Å²) < 4.78 is 23.8. The Labute approximate surface area is 121 Å². The van der Waals surface area contributed by atoms with Crippen LogP contribution in [0.15, 0.2) is 34.7 Å². The molecule has 0 fully saturated rings. The number of amides is 1. The van der Waals surface area contributed by atoms with Gasteiger partial charge in [0.25, 0.3) is 5.91 Å². The molecule has 0 saturated carbocycles. The maximum Gasteiger partial charge on any atom is 0.287 e. The molecule has 3 N–H and O–H groups in total. The zero-order valence-electron chi connectivity index (χ0n) is 11.9. The number of rotatable bonds is 5. The van der Waals surface area contributed by atoms with Crippen LogP contribution in [0.25, 0.3) is 0 Å². The maximum atomic E-state index is 13.4. The Morgan fingerprint density at radius 2 is 2.19 bits per heavy atom. The molecule has 21 heavy (non-hydrogen) atoms. The summed E-state index contributed by atoms with van der Waals surface area (Å²) in [6.07, 6.45) is 0. The van der Waals surface area contributed by atoms with Gasteiger partial charge in [0.2, 0.25) is 0 Å². The molecule has 1 amide bonds. The highest BCUT2D eigenvalue weighted by Crippen LogP contribution is 2.26. The van der Waals surface area contributed by atoms with E-state index in [0.717, 1.165) is 0 Å². The average Bonchev–Trinajstić information content (AvgIpc) is 2.96. The highest BCUT2D eigenvalue weighted by Gasteiger charge is 2.18.